The third-order valence-electron chi connectivity index (χ3n) is 7.26. The molecule has 3 aromatic heterocycles. The molecule has 0 radical (unpaired) electrons. The summed E-state index contributed by atoms with van der Waals surface area (Å²) in [4.78, 5) is 39.5. The molecule has 39 heavy (non-hydrogen) atoms. The van der Waals surface area contributed by atoms with E-state index >= 15 is 0 Å². The Morgan fingerprint density at radius 1 is 0.769 bits per heavy atom. The van der Waals surface area contributed by atoms with Gasteiger partial charge in [-0.1, -0.05) is 0 Å². The van der Waals surface area contributed by atoms with Gasteiger partial charge in [-0.05, 0) is 110 Å². The molecule has 2 aliphatic rings. The molecule has 5 rings (SSSR count). The van der Waals surface area contributed by atoms with Crippen molar-refractivity contribution in [3.05, 3.63) is 69.8 Å². The van der Waals surface area contributed by atoms with Crippen LogP contribution in [0.3, 0.4) is 0 Å². The molecular formula is C30H33N4O4Sb. The van der Waals surface area contributed by atoms with Crippen LogP contribution < -0.4 is 0 Å². The number of hydrogen-bond donors (Lipinski definition) is 4. The molecule has 4 N–H and O–H groups in total. The quantitative estimate of drug-likeness (QED) is 0.278. The van der Waals surface area contributed by atoms with E-state index in [9.17, 15) is 19.8 Å². The molecule has 0 aliphatic carbocycles. The van der Waals surface area contributed by atoms with Gasteiger partial charge in [-0.15, -0.1) is 0 Å². The summed E-state index contributed by atoms with van der Waals surface area (Å²) in [7, 11) is 0. The molecule has 0 spiro atoms. The number of fused-ring (bicyclic) bond motifs is 8. The monoisotopic (exact) mass is 634 g/mol. The van der Waals surface area contributed by atoms with Gasteiger partial charge in [0.25, 0.3) is 0 Å². The average Bonchev–Trinajstić information content (AvgIpc) is 3.53. The molecule has 8 bridgehead atoms. The Balaban J connectivity index is 0.00000353. The summed E-state index contributed by atoms with van der Waals surface area (Å²) < 4.78 is 0. The fourth-order valence-electron chi connectivity index (χ4n) is 5.11. The zero-order valence-electron chi connectivity index (χ0n) is 22.6. The van der Waals surface area contributed by atoms with Crippen LogP contribution in [0.1, 0.15) is 72.6 Å². The summed E-state index contributed by atoms with van der Waals surface area (Å²) in [5.74, 6) is -1.73. The van der Waals surface area contributed by atoms with Gasteiger partial charge in [0.15, 0.2) is 0 Å². The molecule has 8 nitrogen and oxygen atoms in total. The molecular weight excluding hydrogens is 602 g/mol. The van der Waals surface area contributed by atoms with Crippen molar-refractivity contribution < 1.29 is 19.8 Å². The van der Waals surface area contributed by atoms with Gasteiger partial charge in [-0.25, -0.2) is 9.97 Å². The van der Waals surface area contributed by atoms with Crippen LogP contribution in [0.15, 0.2) is 30.3 Å². The number of aliphatic carboxylic acids is 2. The number of aromatic nitrogens is 4. The molecule has 202 valence electrons. The van der Waals surface area contributed by atoms with Crippen molar-refractivity contribution in [3.63, 3.8) is 0 Å². The number of rotatable bonds is 6. The number of H-pyrrole nitrogens is 2. The van der Waals surface area contributed by atoms with Crippen molar-refractivity contribution in [1.82, 2.24) is 19.9 Å². The number of carbonyl (C=O) groups is 2. The zero-order chi connectivity index (χ0) is 27.1. The van der Waals surface area contributed by atoms with E-state index in [1.54, 1.807) is 0 Å². The topological polar surface area (TPSA) is 132 Å². The van der Waals surface area contributed by atoms with Crippen LogP contribution in [0.2, 0.25) is 0 Å². The Hall–Kier alpha value is -3.64. The van der Waals surface area contributed by atoms with Crippen LogP contribution >= 0.6 is 0 Å². The van der Waals surface area contributed by atoms with Gasteiger partial charge in [0.05, 0.1) is 22.8 Å². The molecule has 0 aromatic carbocycles. The first-order valence-corrected chi connectivity index (χ1v) is 12.6. The van der Waals surface area contributed by atoms with Crippen molar-refractivity contribution in [2.24, 2.45) is 0 Å². The number of hydrogen-bond acceptors (Lipinski definition) is 4. The molecule has 3 aromatic rings. The third kappa shape index (κ3) is 5.86. The Labute approximate surface area is 243 Å². The van der Waals surface area contributed by atoms with Crippen LogP contribution in [0, 0.1) is 13.8 Å². The Morgan fingerprint density at radius 2 is 1.46 bits per heavy atom. The van der Waals surface area contributed by atoms with E-state index in [0.29, 0.717) is 18.5 Å². The number of carboxylic acids is 2. The Morgan fingerprint density at radius 3 is 2.18 bits per heavy atom. The number of aromatic amines is 2. The van der Waals surface area contributed by atoms with E-state index in [0.717, 1.165) is 72.6 Å². The summed E-state index contributed by atoms with van der Waals surface area (Å²) in [6.07, 6.45) is 2.74. The number of aryl methyl sites for hydroxylation is 3. The number of allylic oxidation sites excluding steroid dienone is 3. The molecule has 0 unspecified atom stereocenters. The predicted molar refractivity (Wildman–Crippen MR) is 159 cm³/mol. The van der Waals surface area contributed by atoms with Crippen LogP contribution in [0.25, 0.3) is 44.9 Å². The van der Waals surface area contributed by atoms with Crippen LogP contribution in [0.4, 0.5) is 0 Å². The summed E-state index contributed by atoms with van der Waals surface area (Å²) in [6, 6.07) is 9.98. The van der Waals surface area contributed by atoms with Gasteiger partial charge < -0.3 is 20.2 Å². The van der Waals surface area contributed by atoms with Gasteiger partial charge in [-0.3, -0.25) is 9.59 Å². The molecule has 0 saturated carbocycles. The van der Waals surface area contributed by atoms with E-state index in [2.05, 4.69) is 16.0 Å². The zero-order valence-corrected chi connectivity index (χ0v) is 26.6. The van der Waals surface area contributed by atoms with Gasteiger partial charge in [-0.2, -0.15) is 0 Å². The van der Waals surface area contributed by atoms with Crippen molar-refractivity contribution in [3.8, 4) is 0 Å². The van der Waals surface area contributed by atoms with Crippen LogP contribution in [-0.4, -0.2) is 66.5 Å². The summed E-state index contributed by atoms with van der Waals surface area (Å²) in [5, 5.41) is 18.7. The minimum atomic E-state index is -0.868. The average molecular weight is 635 g/mol. The molecule has 9 heteroatoms. The SMILES string of the molecule is CC1=Cc2cc3[nH]c(cc4nc(cc5[nH]c(cc1n2)c(C)c5CCC(=O)O)C(CCC(=O)O)=C4C)cc3C.[SbH3]. The van der Waals surface area contributed by atoms with Crippen molar-refractivity contribution in [2.45, 2.75) is 53.4 Å². The minimum absolute atomic E-state index is 0. The van der Waals surface area contributed by atoms with Crippen molar-refractivity contribution in [2.75, 3.05) is 0 Å². The fraction of sp³-hybridized carbons (Fsp3) is 0.267. The van der Waals surface area contributed by atoms with Gasteiger partial charge in [0, 0.05) is 34.9 Å². The number of carboxylic acid groups (broad SMARTS) is 2. The van der Waals surface area contributed by atoms with Crippen molar-refractivity contribution in [1.29, 1.82) is 0 Å². The van der Waals surface area contributed by atoms with E-state index in [4.69, 9.17) is 9.97 Å². The van der Waals surface area contributed by atoms with Gasteiger partial charge in [0.1, 0.15) is 0 Å². The van der Waals surface area contributed by atoms with E-state index in [1.807, 2.05) is 58.0 Å². The standard InChI is InChI=1S/C30H30N4O4.Sb.3H/c1-15-9-20-12-25-17(3)21(5-7-29(35)36)27(33-25)14-28-22(6-8-30(37)38)18(4)26(34-28)13-24-16(2)10-19(32-24)11-23(15)31-20;;;;/h9-14,31,34H,5-8H2,1-4H3,(H,35,36)(H,37,38);;;;. The molecule has 0 fully saturated rings. The maximum absolute atomic E-state index is 11.4. The summed E-state index contributed by atoms with van der Waals surface area (Å²) in [5.41, 5.74) is 12.4. The van der Waals surface area contributed by atoms with Crippen LogP contribution in [0.5, 0.6) is 0 Å². The second kappa shape index (κ2) is 11.2. The molecule has 0 saturated heterocycles. The second-order valence-electron chi connectivity index (χ2n) is 9.98. The summed E-state index contributed by atoms with van der Waals surface area (Å²) in [6.45, 7) is 8.01. The fourth-order valence-corrected chi connectivity index (χ4v) is 5.11. The number of nitrogens with one attached hydrogen (secondary N) is 2. The Bertz CT molecular complexity index is 1730. The van der Waals surface area contributed by atoms with Crippen molar-refractivity contribution >= 4 is 81.2 Å². The third-order valence-corrected chi connectivity index (χ3v) is 7.26. The van der Waals surface area contributed by atoms with E-state index < -0.39 is 11.9 Å². The Kier molecular flexibility index (Phi) is 8.17. The van der Waals surface area contributed by atoms with E-state index in [1.165, 1.54) is 0 Å². The normalized spacial score (nSPS) is 12.8. The van der Waals surface area contributed by atoms with E-state index in [-0.39, 0.29) is 37.3 Å². The first kappa shape index (κ1) is 28.4. The number of nitrogens with zero attached hydrogens (tertiary/aromatic N) is 2. The van der Waals surface area contributed by atoms with Gasteiger partial charge in [0.2, 0.25) is 0 Å². The molecule has 0 atom stereocenters. The first-order valence-electron chi connectivity index (χ1n) is 12.6. The molecule has 2 aliphatic heterocycles. The predicted octanol–water partition coefficient (Wildman–Crippen LogP) is 5.12. The second-order valence-corrected chi connectivity index (χ2v) is 9.98. The first-order chi connectivity index (χ1) is 18.1. The molecule has 0 amide bonds. The van der Waals surface area contributed by atoms with Crippen LogP contribution in [-0.2, 0) is 16.0 Å². The molecule has 5 heterocycles. The van der Waals surface area contributed by atoms with Gasteiger partial charge >= 0.3 is 36.4 Å². The maximum atomic E-state index is 11.4. The summed E-state index contributed by atoms with van der Waals surface area (Å²) >= 11 is 0.